The first kappa shape index (κ1) is 20.3. The Labute approximate surface area is 171 Å². The Morgan fingerprint density at radius 2 is 1.86 bits per heavy atom. The molecule has 0 spiro atoms. The molecule has 0 bridgehead atoms. The Morgan fingerprint density at radius 3 is 2.59 bits per heavy atom. The number of hydrogen-bond donors (Lipinski definition) is 1. The fourth-order valence-corrected chi connectivity index (χ4v) is 3.08. The lowest BCUT2D eigenvalue weighted by Gasteiger charge is -2.21. The molecule has 29 heavy (non-hydrogen) atoms. The monoisotopic (exact) mass is 390 g/mol. The molecule has 0 atom stereocenters. The average molecular weight is 390 g/mol. The first-order chi connectivity index (χ1) is 14.1. The van der Waals surface area contributed by atoms with Crippen molar-refractivity contribution in [2.45, 2.75) is 20.3 Å². The molecule has 0 radical (unpaired) electrons. The van der Waals surface area contributed by atoms with Crippen LogP contribution in [0.1, 0.15) is 28.7 Å². The molecule has 0 fully saturated rings. The molecular weight excluding hydrogens is 364 g/mol. The quantitative estimate of drug-likeness (QED) is 0.631. The number of benzene rings is 2. The summed E-state index contributed by atoms with van der Waals surface area (Å²) in [6, 6.07) is 19.5. The highest BCUT2D eigenvalue weighted by Gasteiger charge is 2.15. The van der Waals surface area contributed by atoms with Crippen molar-refractivity contribution in [3.05, 3.63) is 77.6 Å². The molecule has 0 unspecified atom stereocenters. The predicted molar refractivity (Wildman–Crippen MR) is 115 cm³/mol. The van der Waals surface area contributed by atoms with Crippen LogP contribution in [0.4, 0.5) is 11.6 Å². The second-order valence-electron chi connectivity index (χ2n) is 6.63. The van der Waals surface area contributed by atoms with Gasteiger partial charge in [0.25, 0.3) is 5.91 Å². The van der Waals surface area contributed by atoms with E-state index in [0.717, 1.165) is 22.7 Å². The lowest BCUT2D eigenvalue weighted by atomic mass is 10.1. The molecule has 6 heteroatoms. The maximum Gasteiger partial charge on any atom is 0.270 e. The third-order valence-corrected chi connectivity index (χ3v) is 4.53. The molecule has 1 heterocycles. The second-order valence-corrected chi connectivity index (χ2v) is 6.63. The first-order valence-corrected chi connectivity index (χ1v) is 9.70. The maximum atomic E-state index is 12.7. The molecule has 0 saturated carbocycles. The van der Waals surface area contributed by atoms with Gasteiger partial charge >= 0.3 is 0 Å². The van der Waals surface area contributed by atoms with Crippen LogP contribution in [0, 0.1) is 6.92 Å². The van der Waals surface area contributed by atoms with Crippen molar-refractivity contribution in [3.8, 4) is 5.75 Å². The number of nitrogens with zero attached hydrogens (tertiary/aromatic N) is 3. The summed E-state index contributed by atoms with van der Waals surface area (Å²) >= 11 is 0. The van der Waals surface area contributed by atoms with Gasteiger partial charge in [0, 0.05) is 24.5 Å². The van der Waals surface area contributed by atoms with E-state index < -0.39 is 0 Å². The van der Waals surface area contributed by atoms with Crippen LogP contribution >= 0.6 is 0 Å². The van der Waals surface area contributed by atoms with Crippen molar-refractivity contribution in [1.29, 1.82) is 0 Å². The van der Waals surface area contributed by atoms with Crippen LogP contribution < -0.4 is 15.0 Å². The highest BCUT2D eigenvalue weighted by atomic mass is 16.5. The zero-order chi connectivity index (χ0) is 20.6. The smallest absolute Gasteiger partial charge is 0.270 e. The topological polar surface area (TPSA) is 67.4 Å². The number of aryl methyl sites for hydroxylation is 1. The number of para-hydroxylation sites is 1. The second kappa shape index (κ2) is 9.68. The van der Waals surface area contributed by atoms with Crippen molar-refractivity contribution in [3.63, 3.8) is 0 Å². The minimum absolute atomic E-state index is 0.205. The number of ether oxygens (including phenoxy) is 1. The molecular formula is C23H26N4O2. The number of amides is 1. The molecule has 6 nitrogen and oxygen atoms in total. The summed E-state index contributed by atoms with van der Waals surface area (Å²) in [5.74, 6) is 1.13. The Morgan fingerprint density at radius 1 is 1.07 bits per heavy atom. The van der Waals surface area contributed by atoms with E-state index in [1.165, 1.54) is 0 Å². The van der Waals surface area contributed by atoms with Crippen molar-refractivity contribution < 1.29 is 9.53 Å². The molecule has 2 aromatic carbocycles. The fourth-order valence-electron chi connectivity index (χ4n) is 3.08. The highest BCUT2D eigenvalue weighted by molar-refractivity contribution is 5.92. The third-order valence-electron chi connectivity index (χ3n) is 4.53. The van der Waals surface area contributed by atoms with Gasteiger partial charge in [-0.2, -0.15) is 0 Å². The van der Waals surface area contributed by atoms with Crippen LogP contribution in [-0.2, 0) is 6.42 Å². The van der Waals surface area contributed by atoms with Gasteiger partial charge in [-0.1, -0.05) is 30.3 Å². The minimum atomic E-state index is -0.205. The summed E-state index contributed by atoms with van der Waals surface area (Å²) in [4.78, 5) is 23.7. The summed E-state index contributed by atoms with van der Waals surface area (Å²) in [6.07, 6.45) is 0.713. The van der Waals surface area contributed by atoms with E-state index in [9.17, 15) is 4.79 Å². The molecule has 1 amide bonds. The lowest BCUT2D eigenvalue weighted by Crippen LogP contribution is -2.28. The van der Waals surface area contributed by atoms with Gasteiger partial charge in [-0.05, 0) is 56.2 Å². The number of anilines is 2. The van der Waals surface area contributed by atoms with E-state index in [1.54, 1.807) is 13.2 Å². The molecule has 3 aromatic rings. The highest BCUT2D eigenvalue weighted by Crippen LogP contribution is 2.22. The van der Waals surface area contributed by atoms with Crippen LogP contribution in [-0.4, -0.2) is 36.1 Å². The summed E-state index contributed by atoms with van der Waals surface area (Å²) in [7, 11) is 1.64. The SMILES string of the molecule is CCN(c1ccccc1)c1nc(C)cc(C(=O)NCCc2cccc(OC)c2)n1. The number of carbonyl (C=O) groups excluding carboxylic acids is 1. The van der Waals surface area contributed by atoms with E-state index in [2.05, 4.69) is 15.3 Å². The number of nitrogens with one attached hydrogen (secondary N) is 1. The van der Waals surface area contributed by atoms with Crippen LogP contribution in [0.2, 0.25) is 0 Å². The zero-order valence-corrected chi connectivity index (χ0v) is 17.1. The van der Waals surface area contributed by atoms with Gasteiger partial charge < -0.3 is 15.0 Å². The number of hydrogen-bond acceptors (Lipinski definition) is 5. The molecule has 0 aliphatic rings. The van der Waals surface area contributed by atoms with E-state index >= 15 is 0 Å². The maximum absolute atomic E-state index is 12.7. The van der Waals surface area contributed by atoms with Crippen LogP contribution in [0.25, 0.3) is 0 Å². The van der Waals surface area contributed by atoms with E-state index in [0.29, 0.717) is 31.2 Å². The summed E-state index contributed by atoms with van der Waals surface area (Å²) in [5, 5.41) is 2.95. The Bertz CT molecular complexity index is 960. The molecule has 150 valence electrons. The van der Waals surface area contributed by atoms with Crippen molar-refractivity contribution >= 4 is 17.5 Å². The van der Waals surface area contributed by atoms with Gasteiger partial charge in [-0.3, -0.25) is 4.79 Å². The predicted octanol–water partition coefficient (Wildman–Crippen LogP) is 3.92. The molecule has 1 N–H and O–H groups in total. The van der Waals surface area contributed by atoms with Crippen LogP contribution in [0.15, 0.2) is 60.7 Å². The summed E-state index contributed by atoms with van der Waals surface area (Å²) in [5.41, 5.74) is 3.21. The molecule has 0 saturated heterocycles. The standard InChI is InChI=1S/C23H26N4O2/c1-4-27(19-10-6-5-7-11-19)23-25-17(2)15-21(26-23)22(28)24-14-13-18-9-8-12-20(16-18)29-3/h5-12,15-16H,4,13-14H2,1-3H3,(H,24,28). The molecule has 1 aromatic heterocycles. The zero-order valence-electron chi connectivity index (χ0n) is 17.1. The van der Waals surface area contributed by atoms with E-state index in [1.807, 2.05) is 73.3 Å². The fraction of sp³-hybridized carbons (Fsp3) is 0.261. The van der Waals surface area contributed by atoms with Gasteiger partial charge in [-0.25, -0.2) is 9.97 Å². The Balaban J connectivity index is 1.70. The van der Waals surface area contributed by atoms with Gasteiger partial charge in [0.05, 0.1) is 7.11 Å². The van der Waals surface area contributed by atoms with Crippen molar-refractivity contribution in [1.82, 2.24) is 15.3 Å². The largest absolute Gasteiger partial charge is 0.497 e. The Kier molecular flexibility index (Phi) is 6.79. The normalized spacial score (nSPS) is 10.4. The summed E-state index contributed by atoms with van der Waals surface area (Å²) in [6.45, 7) is 5.12. The third kappa shape index (κ3) is 5.31. The first-order valence-electron chi connectivity index (χ1n) is 9.70. The van der Waals surface area contributed by atoms with Crippen molar-refractivity contribution in [2.75, 3.05) is 25.1 Å². The van der Waals surface area contributed by atoms with Gasteiger partial charge in [0.15, 0.2) is 0 Å². The van der Waals surface area contributed by atoms with Crippen LogP contribution in [0.5, 0.6) is 5.75 Å². The van der Waals surface area contributed by atoms with Crippen molar-refractivity contribution in [2.24, 2.45) is 0 Å². The van der Waals surface area contributed by atoms with Gasteiger partial charge in [-0.15, -0.1) is 0 Å². The van der Waals surface area contributed by atoms with Crippen LogP contribution in [0.3, 0.4) is 0 Å². The molecule has 0 aliphatic carbocycles. The molecule has 3 rings (SSSR count). The number of rotatable bonds is 8. The van der Waals surface area contributed by atoms with Gasteiger partial charge in [0.1, 0.15) is 11.4 Å². The minimum Gasteiger partial charge on any atom is -0.497 e. The molecule has 0 aliphatic heterocycles. The van der Waals surface area contributed by atoms with E-state index in [-0.39, 0.29) is 5.91 Å². The number of aromatic nitrogens is 2. The number of methoxy groups -OCH3 is 1. The number of carbonyl (C=O) groups is 1. The lowest BCUT2D eigenvalue weighted by molar-refractivity contribution is 0.0949. The summed E-state index contributed by atoms with van der Waals surface area (Å²) < 4.78 is 5.24. The van der Waals surface area contributed by atoms with E-state index in [4.69, 9.17) is 4.74 Å². The average Bonchev–Trinajstić information content (AvgIpc) is 2.75. The Hall–Kier alpha value is -3.41. The van der Waals surface area contributed by atoms with Gasteiger partial charge in [0.2, 0.25) is 5.95 Å².